The van der Waals surface area contributed by atoms with E-state index in [0.29, 0.717) is 27.8 Å². The molecular weight excluding hydrogens is 407 g/mol. The van der Waals surface area contributed by atoms with Crippen molar-refractivity contribution >= 4 is 45.3 Å². The zero-order valence-corrected chi connectivity index (χ0v) is 17.2. The number of pyridine rings is 1. The van der Waals surface area contributed by atoms with E-state index >= 15 is 0 Å². The molecule has 9 heteroatoms. The lowest BCUT2D eigenvalue weighted by Crippen LogP contribution is -2.48. The van der Waals surface area contributed by atoms with Gasteiger partial charge in [-0.2, -0.15) is 0 Å². The highest BCUT2D eigenvalue weighted by Gasteiger charge is 2.28. The van der Waals surface area contributed by atoms with Crippen molar-refractivity contribution < 1.29 is 13.5 Å². The SMILES string of the molecule is CC(C)(Nc1nc(-c2c[nH]c3ncc(Cl)cc23)nc2ccccc12)C(=O)NCCF.[HH].[HH].[HH]. The van der Waals surface area contributed by atoms with Gasteiger partial charge < -0.3 is 15.6 Å². The van der Waals surface area contributed by atoms with E-state index < -0.39 is 12.2 Å². The number of alkyl halides is 1. The van der Waals surface area contributed by atoms with Crippen LogP contribution in [0.3, 0.4) is 0 Å². The maximum atomic E-state index is 12.5. The summed E-state index contributed by atoms with van der Waals surface area (Å²) >= 11 is 6.12. The summed E-state index contributed by atoms with van der Waals surface area (Å²) in [5, 5.41) is 7.83. The Morgan fingerprint density at radius 3 is 2.87 bits per heavy atom. The molecule has 0 aliphatic rings. The molecule has 30 heavy (non-hydrogen) atoms. The van der Waals surface area contributed by atoms with Gasteiger partial charge in [0.05, 0.1) is 10.5 Å². The van der Waals surface area contributed by atoms with Crippen LogP contribution in [0.15, 0.2) is 42.7 Å². The van der Waals surface area contributed by atoms with Crippen LogP contribution in [0.4, 0.5) is 10.2 Å². The van der Waals surface area contributed by atoms with Crippen LogP contribution in [0.1, 0.15) is 18.1 Å². The van der Waals surface area contributed by atoms with Gasteiger partial charge in [-0.15, -0.1) is 0 Å². The number of anilines is 1. The van der Waals surface area contributed by atoms with Crippen molar-refractivity contribution in [1.29, 1.82) is 0 Å². The number of aromatic amines is 1. The van der Waals surface area contributed by atoms with Crippen molar-refractivity contribution in [2.75, 3.05) is 18.5 Å². The molecule has 0 saturated carbocycles. The summed E-state index contributed by atoms with van der Waals surface area (Å²) in [5.41, 5.74) is 1.11. The number of rotatable bonds is 6. The van der Waals surface area contributed by atoms with Crippen LogP contribution in [0, 0.1) is 0 Å². The summed E-state index contributed by atoms with van der Waals surface area (Å²) in [6.07, 6.45) is 3.35. The second kappa shape index (κ2) is 7.87. The van der Waals surface area contributed by atoms with Gasteiger partial charge >= 0.3 is 0 Å². The topological polar surface area (TPSA) is 95.6 Å². The Bertz CT molecular complexity index is 1250. The highest BCUT2D eigenvalue weighted by molar-refractivity contribution is 6.31. The van der Waals surface area contributed by atoms with Crippen LogP contribution < -0.4 is 10.6 Å². The van der Waals surface area contributed by atoms with E-state index in [0.717, 1.165) is 16.3 Å². The Labute approximate surface area is 181 Å². The molecule has 0 bridgehead atoms. The van der Waals surface area contributed by atoms with Crippen LogP contribution in [0.5, 0.6) is 0 Å². The summed E-state index contributed by atoms with van der Waals surface area (Å²) in [4.78, 5) is 29.3. The predicted octanol–water partition coefficient (Wildman–Crippen LogP) is 4.84. The van der Waals surface area contributed by atoms with Crippen molar-refractivity contribution in [3.8, 4) is 11.4 Å². The Balaban J connectivity index is 0.00000181. The molecule has 0 saturated heterocycles. The number of hydrogen-bond acceptors (Lipinski definition) is 5. The monoisotopic (exact) mass is 432 g/mol. The third-order valence-corrected chi connectivity index (χ3v) is 4.93. The smallest absolute Gasteiger partial charge is 0.245 e. The van der Waals surface area contributed by atoms with E-state index in [1.54, 1.807) is 32.3 Å². The maximum absolute atomic E-state index is 12.5. The van der Waals surface area contributed by atoms with Crippen molar-refractivity contribution in [2.45, 2.75) is 19.4 Å². The van der Waals surface area contributed by atoms with Gasteiger partial charge in [-0.05, 0) is 32.0 Å². The van der Waals surface area contributed by atoms with E-state index in [1.807, 2.05) is 24.3 Å². The van der Waals surface area contributed by atoms with E-state index in [2.05, 4.69) is 20.6 Å². The Hall–Kier alpha value is -3.26. The lowest BCUT2D eigenvalue weighted by atomic mass is 10.0. The van der Waals surface area contributed by atoms with Crippen molar-refractivity contribution in [3.05, 3.63) is 47.7 Å². The number of halogens is 2. The second-order valence-corrected chi connectivity index (χ2v) is 7.80. The van der Waals surface area contributed by atoms with E-state index in [1.165, 1.54) is 0 Å². The number of aromatic nitrogens is 4. The molecule has 160 valence electrons. The number of para-hydroxylation sites is 1. The van der Waals surface area contributed by atoms with Crippen LogP contribution in [0.2, 0.25) is 5.02 Å². The number of amides is 1. The standard InChI is InChI=1S/C21H20ClFN6O.3H2/c1-21(2,20(30)24-8-7-23)29-19-13-5-3-4-6-16(13)27-18(28-19)15-11-26-17-14(15)9-12(22)10-25-17;;;/h3-6,9-11H,7-8H2,1-2H3,(H,24,30)(H,25,26)(H,27,28,29);3*1H. The van der Waals surface area contributed by atoms with Gasteiger partial charge in [-0.25, -0.2) is 19.3 Å². The highest BCUT2D eigenvalue weighted by atomic mass is 35.5. The first-order chi connectivity index (χ1) is 14.4. The zero-order valence-electron chi connectivity index (χ0n) is 16.5. The fraction of sp³-hybridized carbons (Fsp3) is 0.238. The predicted molar refractivity (Wildman–Crippen MR) is 123 cm³/mol. The number of carbonyl (C=O) groups excluding carboxylic acids is 1. The van der Waals surface area contributed by atoms with Crippen molar-refractivity contribution in [1.82, 2.24) is 25.3 Å². The number of benzene rings is 1. The third-order valence-electron chi connectivity index (χ3n) is 4.72. The first kappa shape index (κ1) is 20.0. The molecule has 3 aromatic heterocycles. The van der Waals surface area contributed by atoms with Gasteiger partial charge in [-0.3, -0.25) is 4.79 Å². The van der Waals surface area contributed by atoms with Crippen LogP contribution in [0.25, 0.3) is 33.3 Å². The van der Waals surface area contributed by atoms with Crippen molar-refractivity contribution in [3.63, 3.8) is 0 Å². The molecular formula is C21H26ClFN6O. The summed E-state index contributed by atoms with van der Waals surface area (Å²) in [6.45, 7) is 2.77. The average Bonchev–Trinajstić information content (AvgIpc) is 3.14. The van der Waals surface area contributed by atoms with E-state index in [9.17, 15) is 9.18 Å². The Morgan fingerprint density at radius 2 is 2.07 bits per heavy atom. The number of carbonyl (C=O) groups is 1. The second-order valence-electron chi connectivity index (χ2n) is 7.36. The molecule has 0 aliphatic heterocycles. The largest absolute Gasteiger partial charge is 0.356 e. The van der Waals surface area contributed by atoms with Gasteiger partial charge in [0, 0.05) is 39.6 Å². The number of nitrogens with zero attached hydrogens (tertiary/aromatic N) is 3. The zero-order chi connectivity index (χ0) is 21.3. The molecule has 0 spiro atoms. The summed E-state index contributed by atoms with van der Waals surface area (Å²) in [6, 6.07) is 9.32. The number of fused-ring (bicyclic) bond motifs is 2. The lowest BCUT2D eigenvalue weighted by Gasteiger charge is -2.26. The molecule has 7 nitrogen and oxygen atoms in total. The molecule has 1 aromatic carbocycles. The van der Waals surface area contributed by atoms with Gasteiger partial charge in [0.1, 0.15) is 23.7 Å². The molecule has 0 aliphatic carbocycles. The third kappa shape index (κ3) is 3.78. The van der Waals surface area contributed by atoms with Crippen molar-refractivity contribution in [2.24, 2.45) is 0 Å². The fourth-order valence-electron chi connectivity index (χ4n) is 3.19. The Morgan fingerprint density at radius 1 is 1.27 bits per heavy atom. The molecule has 0 atom stereocenters. The van der Waals surface area contributed by atoms with Crippen LogP contribution in [-0.2, 0) is 4.79 Å². The van der Waals surface area contributed by atoms with Crippen LogP contribution >= 0.6 is 11.6 Å². The minimum atomic E-state index is -1.02. The number of nitrogens with one attached hydrogen (secondary N) is 3. The summed E-state index contributed by atoms with van der Waals surface area (Å²) in [5.74, 6) is 0.638. The molecule has 4 rings (SSSR count). The number of hydrogen-bond donors (Lipinski definition) is 3. The minimum absolute atomic E-state index is 0. The molecule has 1 amide bonds. The molecule has 3 heterocycles. The van der Waals surface area contributed by atoms with E-state index in [-0.39, 0.29) is 16.7 Å². The van der Waals surface area contributed by atoms with Gasteiger partial charge in [0.15, 0.2) is 5.82 Å². The summed E-state index contributed by atoms with van der Waals surface area (Å²) in [7, 11) is 0. The first-order valence-corrected chi connectivity index (χ1v) is 9.79. The van der Waals surface area contributed by atoms with E-state index in [4.69, 9.17) is 21.6 Å². The lowest BCUT2D eigenvalue weighted by molar-refractivity contribution is -0.124. The molecule has 0 fully saturated rings. The molecule has 0 radical (unpaired) electrons. The van der Waals surface area contributed by atoms with Crippen LogP contribution in [-0.4, -0.2) is 44.6 Å². The van der Waals surface area contributed by atoms with Gasteiger partial charge in [0.25, 0.3) is 0 Å². The maximum Gasteiger partial charge on any atom is 0.245 e. The molecule has 0 unspecified atom stereocenters. The van der Waals surface area contributed by atoms with Gasteiger partial charge in [0.2, 0.25) is 5.91 Å². The minimum Gasteiger partial charge on any atom is -0.356 e. The first-order valence-electron chi connectivity index (χ1n) is 9.41. The average molecular weight is 433 g/mol. The van der Waals surface area contributed by atoms with Gasteiger partial charge in [-0.1, -0.05) is 23.7 Å². The summed E-state index contributed by atoms with van der Waals surface area (Å²) < 4.78 is 12.5. The highest BCUT2D eigenvalue weighted by Crippen LogP contribution is 2.31. The normalized spacial score (nSPS) is 11.7. The fourth-order valence-corrected chi connectivity index (χ4v) is 3.35. The molecule has 4 aromatic rings. The molecule has 3 N–H and O–H groups in total. The Kier molecular flexibility index (Phi) is 5.26. The number of H-pyrrole nitrogens is 1. The quantitative estimate of drug-likeness (QED) is 0.405.